The van der Waals surface area contributed by atoms with Crippen molar-refractivity contribution in [2.75, 3.05) is 45.8 Å². The van der Waals surface area contributed by atoms with E-state index in [1.54, 1.807) is 24.1 Å². The fourth-order valence-corrected chi connectivity index (χ4v) is 3.31. The first-order chi connectivity index (χ1) is 12.5. The van der Waals surface area contributed by atoms with E-state index in [-0.39, 0.29) is 5.82 Å². The summed E-state index contributed by atoms with van der Waals surface area (Å²) in [4.78, 5) is 6.39. The summed E-state index contributed by atoms with van der Waals surface area (Å²) in [6.45, 7) is 4.99. The zero-order valence-corrected chi connectivity index (χ0v) is 16.6. The molecule has 0 amide bonds. The van der Waals surface area contributed by atoms with Crippen molar-refractivity contribution in [3.8, 4) is 0 Å². The normalized spacial score (nSPS) is 16.1. The molecule has 1 aliphatic carbocycles. The van der Waals surface area contributed by atoms with Gasteiger partial charge in [0.25, 0.3) is 0 Å². The van der Waals surface area contributed by atoms with Gasteiger partial charge in [-0.2, -0.15) is 0 Å². The van der Waals surface area contributed by atoms with E-state index in [2.05, 4.69) is 15.6 Å². The Morgan fingerprint density at radius 2 is 2.08 bits per heavy atom. The SMILES string of the molecule is CCNC(=NCc1ccc(N(C)C)c(F)c1)NCC1(CCOC)CCC1. The van der Waals surface area contributed by atoms with Crippen LogP contribution in [0.5, 0.6) is 0 Å². The lowest BCUT2D eigenvalue weighted by Crippen LogP contribution is -2.46. The van der Waals surface area contributed by atoms with Crippen molar-refractivity contribution in [2.45, 2.75) is 39.2 Å². The molecule has 2 rings (SSSR count). The summed E-state index contributed by atoms with van der Waals surface area (Å²) in [6.07, 6.45) is 4.84. The fraction of sp³-hybridized carbons (Fsp3) is 0.650. The summed E-state index contributed by atoms with van der Waals surface area (Å²) in [7, 11) is 5.43. The Morgan fingerprint density at radius 1 is 1.31 bits per heavy atom. The van der Waals surface area contributed by atoms with Crippen LogP contribution in [0.25, 0.3) is 0 Å². The number of benzene rings is 1. The molecule has 6 heteroatoms. The average Bonchev–Trinajstić information content (AvgIpc) is 2.58. The van der Waals surface area contributed by atoms with Gasteiger partial charge in [0.05, 0.1) is 12.2 Å². The molecule has 0 saturated heterocycles. The van der Waals surface area contributed by atoms with Crippen LogP contribution in [0.2, 0.25) is 0 Å². The number of hydrogen-bond acceptors (Lipinski definition) is 3. The lowest BCUT2D eigenvalue weighted by Gasteiger charge is -2.42. The third-order valence-electron chi connectivity index (χ3n) is 5.14. The smallest absolute Gasteiger partial charge is 0.191 e. The van der Waals surface area contributed by atoms with Crippen LogP contribution in [-0.4, -0.2) is 46.9 Å². The first kappa shape index (κ1) is 20.5. The van der Waals surface area contributed by atoms with Crippen LogP contribution in [0.3, 0.4) is 0 Å². The average molecular weight is 365 g/mol. The van der Waals surface area contributed by atoms with Gasteiger partial charge < -0.3 is 20.3 Å². The van der Waals surface area contributed by atoms with Crippen LogP contribution < -0.4 is 15.5 Å². The largest absolute Gasteiger partial charge is 0.385 e. The van der Waals surface area contributed by atoms with Gasteiger partial charge in [-0.15, -0.1) is 0 Å². The molecule has 0 heterocycles. The van der Waals surface area contributed by atoms with Gasteiger partial charge in [0.15, 0.2) is 5.96 Å². The molecule has 0 radical (unpaired) electrons. The molecule has 0 aromatic heterocycles. The number of methoxy groups -OCH3 is 1. The molecule has 1 aliphatic rings. The van der Waals surface area contributed by atoms with Gasteiger partial charge in [0.1, 0.15) is 5.82 Å². The molecule has 1 fully saturated rings. The predicted octanol–water partition coefficient (Wildman–Crippen LogP) is 3.15. The van der Waals surface area contributed by atoms with Gasteiger partial charge in [0.2, 0.25) is 0 Å². The lowest BCUT2D eigenvalue weighted by atomic mass is 9.67. The molecule has 26 heavy (non-hydrogen) atoms. The van der Waals surface area contributed by atoms with E-state index in [0.717, 1.165) is 37.6 Å². The minimum atomic E-state index is -0.214. The second-order valence-electron chi connectivity index (χ2n) is 7.33. The molecular weight excluding hydrogens is 331 g/mol. The second kappa shape index (κ2) is 9.76. The topological polar surface area (TPSA) is 48.9 Å². The molecule has 0 spiro atoms. The lowest BCUT2D eigenvalue weighted by molar-refractivity contribution is 0.0732. The van der Waals surface area contributed by atoms with Crippen LogP contribution >= 0.6 is 0 Å². The van der Waals surface area contributed by atoms with Crippen LogP contribution in [0, 0.1) is 11.2 Å². The Kier molecular flexibility index (Phi) is 7.69. The highest BCUT2D eigenvalue weighted by molar-refractivity contribution is 5.79. The van der Waals surface area contributed by atoms with Crippen molar-refractivity contribution < 1.29 is 9.13 Å². The summed E-state index contributed by atoms with van der Waals surface area (Å²) < 4.78 is 19.4. The summed E-state index contributed by atoms with van der Waals surface area (Å²) in [5, 5.41) is 6.75. The maximum absolute atomic E-state index is 14.1. The number of ether oxygens (including phenoxy) is 1. The summed E-state index contributed by atoms with van der Waals surface area (Å²) >= 11 is 0. The van der Waals surface area contributed by atoms with E-state index in [4.69, 9.17) is 4.74 Å². The molecule has 1 aromatic rings. The van der Waals surface area contributed by atoms with E-state index < -0.39 is 0 Å². The van der Waals surface area contributed by atoms with Gasteiger partial charge >= 0.3 is 0 Å². The molecule has 0 aliphatic heterocycles. The van der Waals surface area contributed by atoms with Crippen LogP contribution in [0.4, 0.5) is 10.1 Å². The fourth-order valence-electron chi connectivity index (χ4n) is 3.31. The van der Waals surface area contributed by atoms with Gasteiger partial charge in [-0.1, -0.05) is 12.5 Å². The van der Waals surface area contributed by atoms with Crippen LogP contribution in [0.15, 0.2) is 23.2 Å². The maximum Gasteiger partial charge on any atom is 0.191 e. The van der Waals surface area contributed by atoms with Crippen molar-refractivity contribution in [2.24, 2.45) is 10.4 Å². The minimum absolute atomic E-state index is 0.214. The molecule has 0 unspecified atom stereocenters. The predicted molar refractivity (Wildman–Crippen MR) is 106 cm³/mol. The number of guanidine groups is 1. The second-order valence-corrected chi connectivity index (χ2v) is 7.33. The molecular formula is C20H33FN4O. The minimum Gasteiger partial charge on any atom is -0.385 e. The quantitative estimate of drug-likeness (QED) is 0.522. The first-order valence-electron chi connectivity index (χ1n) is 9.46. The number of halogens is 1. The monoisotopic (exact) mass is 364 g/mol. The highest BCUT2D eigenvalue weighted by atomic mass is 19.1. The van der Waals surface area contributed by atoms with E-state index in [1.807, 2.05) is 27.1 Å². The molecule has 0 atom stereocenters. The van der Waals surface area contributed by atoms with Crippen molar-refractivity contribution in [3.63, 3.8) is 0 Å². The molecule has 1 aromatic carbocycles. The molecule has 146 valence electrons. The summed E-state index contributed by atoms with van der Waals surface area (Å²) in [6, 6.07) is 5.29. The number of aliphatic imine (C=N–C) groups is 1. The molecule has 2 N–H and O–H groups in total. The standard InChI is InChI=1S/C20H33FN4O/c1-5-22-19(24-15-20(9-6-10-20)11-12-26-4)23-14-16-7-8-18(25(2)3)17(21)13-16/h7-8,13H,5-6,9-12,14-15H2,1-4H3,(H2,22,23,24). The van der Waals surface area contributed by atoms with Crippen LogP contribution in [0.1, 0.15) is 38.2 Å². The zero-order chi connectivity index (χ0) is 19.0. The zero-order valence-electron chi connectivity index (χ0n) is 16.6. The summed E-state index contributed by atoms with van der Waals surface area (Å²) in [5.74, 6) is 0.571. The van der Waals surface area contributed by atoms with Crippen LogP contribution in [-0.2, 0) is 11.3 Å². The Hall–Kier alpha value is -1.82. The summed E-state index contributed by atoms with van der Waals surface area (Å²) in [5.41, 5.74) is 1.78. The Morgan fingerprint density at radius 3 is 2.62 bits per heavy atom. The van der Waals surface area contributed by atoms with Gasteiger partial charge in [-0.05, 0) is 49.3 Å². The Labute approximate surface area is 157 Å². The van der Waals surface area contributed by atoms with E-state index in [9.17, 15) is 4.39 Å². The van der Waals surface area contributed by atoms with Crippen molar-refractivity contribution >= 4 is 11.6 Å². The number of rotatable bonds is 9. The molecule has 5 nitrogen and oxygen atoms in total. The van der Waals surface area contributed by atoms with Crippen molar-refractivity contribution in [1.82, 2.24) is 10.6 Å². The number of nitrogens with zero attached hydrogens (tertiary/aromatic N) is 2. The third kappa shape index (κ3) is 5.59. The Bertz CT molecular complexity index is 599. The van der Waals surface area contributed by atoms with E-state index in [0.29, 0.717) is 17.6 Å². The van der Waals surface area contributed by atoms with Crippen molar-refractivity contribution in [3.05, 3.63) is 29.6 Å². The molecule has 1 saturated carbocycles. The number of anilines is 1. The van der Waals surface area contributed by atoms with Gasteiger partial charge in [0, 0.05) is 40.9 Å². The highest BCUT2D eigenvalue weighted by Crippen LogP contribution is 2.43. The maximum atomic E-state index is 14.1. The Balaban J connectivity index is 1.96. The van der Waals surface area contributed by atoms with E-state index >= 15 is 0 Å². The van der Waals surface area contributed by atoms with Gasteiger partial charge in [-0.3, -0.25) is 0 Å². The molecule has 0 bridgehead atoms. The van der Waals surface area contributed by atoms with E-state index in [1.165, 1.54) is 19.3 Å². The highest BCUT2D eigenvalue weighted by Gasteiger charge is 2.36. The third-order valence-corrected chi connectivity index (χ3v) is 5.14. The number of nitrogens with one attached hydrogen (secondary N) is 2. The van der Waals surface area contributed by atoms with Crippen molar-refractivity contribution in [1.29, 1.82) is 0 Å². The number of hydrogen-bond donors (Lipinski definition) is 2. The van der Waals surface area contributed by atoms with Gasteiger partial charge in [-0.25, -0.2) is 9.38 Å². The first-order valence-corrected chi connectivity index (χ1v) is 9.46.